The van der Waals surface area contributed by atoms with Crippen molar-refractivity contribution in [2.75, 3.05) is 45.2 Å². The predicted molar refractivity (Wildman–Crippen MR) is 74.5 cm³/mol. The van der Waals surface area contributed by atoms with Gasteiger partial charge in [0.2, 0.25) is 0 Å². The van der Waals surface area contributed by atoms with Crippen LogP contribution in [0.4, 0.5) is 0 Å². The van der Waals surface area contributed by atoms with Gasteiger partial charge in [-0.3, -0.25) is 4.90 Å². The van der Waals surface area contributed by atoms with Crippen LogP contribution in [0.2, 0.25) is 0 Å². The van der Waals surface area contributed by atoms with Crippen LogP contribution in [0.1, 0.15) is 25.7 Å². The third-order valence-corrected chi connectivity index (χ3v) is 5.94. The van der Waals surface area contributed by atoms with Crippen molar-refractivity contribution in [2.45, 2.75) is 31.7 Å². The molecular formula is C13H26N2O2S. The molecule has 1 saturated heterocycles. The molecule has 0 aromatic heterocycles. The van der Waals surface area contributed by atoms with Gasteiger partial charge in [0.05, 0.1) is 11.5 Å². The normalized spacial score (nSPS) is 33.7. The molecule has 4 nitrogen and oxygen atoms in total. The summed E-state index contributed by atoms with van der Waals surface area (Å²) in [6, 6.07) is 0.638. The van der Waals surface area contributed by atoms with Gasteiger partial charge >= 0.3 is 0 Å². The lowest BCUT2D eigenvalue weighted by Crippen LogP contribution is -2.47. The number of nitrogens with zero attached hydrogens (tertiary/aromatic N) is 2. The number of rotatable bonds is 3. The molecule has 0 amide bonds. The first-order valence-electron chi connectivity index (χ1n) is 7.05. The highest BCUT2D eigenvalue weighted by Crippen LogP contribution is 2.28. The first-order chi connectivity index (χ1) is 8.46. The summed E-state index contributed by atoms with van der Waals surface area (Å²) >= 11 is 0. The van der Waals surface area contributed by atoms with Crippen LogP contribution in [0.15, 0.2) is 0 Å². The molecule has 2 aliphatic rings. The molecule has 1 aliphatic carbocycles. The molecule has 0 N–H and O–H groups in total. The Morgan fingerprint density at radius 2 is 1.61 bits per heavy atom. The fraction of sp³-hybridized carbons (Fsp3) is 1.00. The van der Waals surface area contributed by atoms with Crippen LogP contribution in [-0.2, 0) is 9.84 Å². The Morgan fingerprint density at radius 1 is 1.06 bits per heavy atom. The summed E-state index contributed by atoms with van der Waals surface area (Å²) in [5, 5.41) is 0. The third-order valence-electron chi connectivity index (χ3n) is 4.34. The van der Waals surface area contributed by atoms with Crippen LogP contribution < -0.4 is 0 Å². The van der Waals surface area contributed by atoms with Crippen molar-refractivity contribution in [3.05, 3.63) is 0 Å². The maximum atomic E-state index is 11.4. The van der Waals surface area contributed by atoms with E-state index < -0.39 is 9.84 Å². The molecule has 1 saturated carbocycles. The Bertz CT molecular complexity index is 345. The topological polar surface area (TPSA) is 40.6 Å². The van der Waals surface area contributed by atoms with Crippen molar-refractivity contribution in [3.63, 3.8) is 0 Å². The summed E-state index contributed by atoms with van der Waals surface area (Å²) in [5.74, 6) is 1.57. The van der Waals surface area contributed by atoms with Crippen molar-refractivity contribution in [3.8, 4) is 0 Å². The van der Waals surface area contributed by atoms with E-state index in [9.17, 15) is 8.42 Å². The maximum absolute atomic E-state index is 11.4. The zero-order valence-electron chi connectivity index (χ0n) is 11.6. The minimum atomic E-state index is -2.73. The summed E-state index contributed by atoms with van der Waals surface area (Å²) in [7, 11) is 1.55. The van der Waals surface area contributed by atoms with Crippen LogP contribution in [0.5, 0.6) is 0 Å². The zero-order valence-corrected chi connectivity index (χ0v) is 12.5. The first-order valence-corrected chi connectivity index (χ1v) is 8.87. The van der Waals surface area contributed by atoms with E-state index in [-0.39, 0.29) is 0 Å². The minimum absolute atomic E-state index is 0.366. The van der Waals surface area contributed by atoms with Gasteiger partial charge < -0.3 is 4.90 Å². The molecule has 0 aromatic rings. The van der Waals surface area contributed by atoms with E-state index in [1.807, 2.05) is 0 Å². The third kappa shape index (κ3) is 3.93. The SMILES string of the molecule is CN(C)C[C@H]1CC[C@H](N2CCS(=O)(=O)CC2)CC1. The smallest absolute Gasteiger partial charge is 0.152 e. The van der Waals surface area contributed by atoms with Crippen molar-refractivity contribution < 1.29 is 8.42 Å². The van der Waals surface area contributed by atoms with Gasteiger partial charge in [-0.15, -0.1) is 0 Å². The van der Waals surface area contributed by atoms with Crippen molar-refractivity contribution in [1.29, 1.82) is 0 Å². The van der Waals surface area contributed by atoms with Gasteiger partial charge in [0.15, 0.2) is 9.84 Å². The lowest BCUT2D eigenvalue weighted by molar-refractivity contribution is 0.135. The van der Waals surface area contributed by atoms with Gasteiger partial charge in [0.25, 0.3) is 0 Å². The summed E-state index contributed by atoms with van der Waals surface area (Å²) in [5.41, 5.74) is 0. The molecule has 1 aliphatic heterocycles. The fourth-order valence-electron chi connectivity index (χ4n) is 3.30. The van der Waals surface area contributed by atoms with Gasteiger partial charge in [0, 0.05) is 25.7 Å². The van der Waals surface area contributed by atoms with Gasteiger partial charge in [-0.25, -0.2) is 8.42 Å². The Morgan fingerprint density at radius 3 is 2.11 bits per heavy atom. The quantitative estimate of drug-likeness (QED) is 0.764. The highest BCUT2D eigenvalue weighted by Gasteiger charge is 2.30. The van der Waals surface area contributed by atoms with Crippen molar-refractivity contribution in [2.24, 2.45) is 5.92 Å². The van der Waals surface area contributed by atoms with Gasteiger partial charge in [-0.2, -0.15) is 0 Å². The van der Waals surface area contributed by atoms with E-state index in [2.05, 4.69) is 23.9 Å². The van der Waals surface area contributed by atoms with Crippen LogP contribution in [-0.4, -0.2) is 69.5 Å². The Kier molecular flexibility index (Phi) is 4.67. The molecule has 0 atom stereocenters. The van der Waals surface area contributed by atoms with E-state index >= 15 is 0 Å². The average molecular weight is 274 g/mol. The van der Waals surface area contributed by atoms with Gasteiger partial charge in [-0.05, 0) is 45.7 Å². The second-order valence-corrected chi connectivity index (χ2v) is 8.43. The molecule has 1 heterocycles. The first kappa shape index (κ1) is 14.3. The molecule has 0 aromatic carbocycles. The number of hydrogen-bond donors (Lipinski definition) is 0. The van der Waals surface area contributed by atoms with E-state index in [0.717, 1.165) is 19.0 Å². The number of hydrogen-bond acceptors (Lipinski definition) is 4. The monoisotopic (exact) mass is 274 g/mol. The van der Waals surface area contributed by atoms with Crippen LogP contribution in [0.3, 0.4) is 0 Å². The number of sulfone groups is 1. The minimum Gasteiger partial charge on any atom is -0.309 e. The second-order valence-electron chi connectivity index (χ2n) is 6.12. The summed E-state index contributed by atoms with van der Waals surface area (Å²) in [6.07, 6.45) is 5.09. The molecular weight excluding hydrogens is 248 g/mol. The van der Waals surface area contributed by atoms with Crippen LogP contribution in [0, 0.1) is 5.92 Å². The fourth-order valence-corrected chi connectivity index (χ4v) is 4.53. The Balaban J connectivity index is 1.77. The lowest BCUT2D eigenvalue weighted by atomic mass is 9.85. The largest absolute Gasteiger partial charge is 0.309 e. The summed E-state index contributed by atoms with van der Waals surface area (Å²) in [6.45, 7) is 2.71. The standard InChI is InChI=1S/C13H26N2O2S/c1-14(2)11-12-3-5-13(6-4-12)15-7-9-18(16,17)10-8-15/h12-13H,3-11H2,1-2H3/t12-,13-. The van der Waals surface area contributed by atoms with Crippen molar-refractivity contribution in [1.82, 2.24) is 9.80 Å². The zero-order chi connectivity index (χ0) is 13.2. The molecule has 5 heteroatoms. The molecule has 106 valence electrons. The predicted octanol–water partition coefficient (Wildman–Crippen LogP) is 0.837. The summed E-state index contributed by atoms with van der Waals surface area (Å²) in [4.78, 5) is 4.69. The van der Waals surface area contributed by atoms with Gasteiger partial charge in [-0.1, -0.05) is 0 Å². The van der Waals surface area contributed by atoms with E-state index in [1.54, 1.807) is 0 Å². The molecule has 0 spiro atoms. The van der Waals surface area contributed by atoms with Crippen LogP contribution >= 0.6 is 0 Å². The van der Waals surface area contributed by atoms with Crippen LogP contribution in [0.25, 0.3) is 0 Å². The van der Waals surface area contributed by atoms with E-state index in [1.165, 1.54) is 32.2 Å². The molecule has 2 fully saturated rings. The average Bonchev–Trinajstić information content (AvgIpc) is 2.30. The molecule has 2 rings (SSSR count). The van der Waals surface area contributed by atoms with E-state index in [0.29, 0.717) is 17.5 Å². The highest BCUT2D eigenvalue weighted by molar-refractivity contribution is 7.91. The second kappa shape index (κ2) is 5.88. The highest BCUT2D eigenvalue weighted by atomic mass is 32.2. The molecule has 0 radical (unpaired) electrons. The molecule has 0 bridgehead atoms. The molecule has 18 heavy (non-hydrogen) atoms. The summed E-state index contributed by atoms with van der Waals surface area (Å²) < 4.78 is 22.8. The Hall–Kier alpha value is -0.130. The maximum Gasteiger partial charge on any atom is 0.152 e. The Labute approximate surface area is 111 Å². The molecule has 0 unspecified atom stereocenters. The van der Waals surface area contributed by atoms with E-state index in [4.69, 9.17) is 0 Å². The lowest BCUT2D eigenvalue weighted by Gasteiger charge is -2.39. The van der Waals surface area contributed by atoms with Crippen molar-refractivity contribution >= 4 is 9.84 Å². The van der Waals surface area contributed by atoms with Gasteiger partial charge in [0.1, 0.15) is 0 Å².